The van der Waals surface area contributed by atoms with Crippen LogP contribution in [0.25, 0.3) is 0 Å². The first-order chi connectivity index (χ1) is 12.1. The molecule has 1 aromatic rings. The molecule has 1 N–H and O–H groups in total. The van der Waals surface area contributed by atoms with E-state index in [0.717, 1.165) is 31.0 Å². The largest absolute Gasteiger partial charge is 0.341 e. The van der Waals surface area contributed by atoms with Crippen molar-refractivity contribution in [2.45, 2.75) is 18.9 Å². The maximum absolute atomic E-state index is 12.6. The first-order valence-electron chi connectivity index (χ1n) is 8.77. The molecule has 0 bridgehead atoms. The average Bonchev–Trinajstić information content (AvgIpc) is 2.89. The van der Waals surface area contributed by atoms with Gasteiger partial charge in [0, 0.05) is 67.3 Å². The highest BCUT2D eigenvalue weighted by Gasteiger charge is 2.25. The fourth-order valence-electron chi connectivity index (χ4n) is 3.24. The zero-order chi connectivity index (χ0) is 17.6. The van der Waals surface area contributed by atoms with Gasteiger partial charge in [0.15, 0.2) is 0 Å². The number of hydrogen-bond acceptors (Lipinski definition) is 4. The molecular weight excluding hydrogens is 358 g/mol. The number of carbonyl (C=O) groups excluding carboxylic acids is 2. The van der Waals surface area contributed by atoms with Crippen molar-refractivity contribution in [3.8, 4) is 0 Å². The lowest BCUT2D eigenvalue weighted by Gasteiger charge is -2.27. The van der Waals surface area contributed by atoms with E-state index in [0.29, 0.717) is 36.6 Å². The molecule has 2 fully saturated rings. The van der Waals surface area contributed by atoms with Gasteiger partial charge in [-0.15, -0.1) is 0 Å². The lowest BCUT2D eigenvalue weighted by Crippen LogP contribution is -2.43. The van der Waals surface area contributed by atoms with Gasteiger partial charge in [0.1, 0.15) is 0 Å². The van der Waals surface area contributed by atoms with Gasteiger partial charge < -0.3 is 15.1 Å². The van der Waals surface area contributed by atoms with Gasteiger partial charge in [-0.3, -0.25) is 9.59 Å². The number of amides is 2. The molecule has 2 amide bonds. The average molecular weight is 382 g/mol. The van der Waals surface area contributed by atoms with Crippen molar-refractivity contribution in [2.24, 2.45) is 0 Å². The van der Waals surface area contributed by atoms with Crippen molar-refractivity contribution < 1.29 is 9.59 Å². The molecule has 7 heteroatoms. The van der Waals surface area contributed by atoms with Crippen molar-refractivity contribution in [1.82, 2.24) is 15.1 Å². The van der Waals surface area contributed by atoms with E-state index in [9.17, 15) is 9.59 Å². The summed E-state index contributed by atoms with van der Waals surface area (Å²) in [5.74, 6) is 2.33. The van der Waals surface area contributed by atoms with Crippen LogP contribution in [-0.4, -0.2) is 71.9 Å². The molecule has 2 heterocycles. The summed E-state index contributed by atoms with van der Waals surface area (Å²) in [6.45, 7) is 3.58. The molecule has 1 atom stereocenters. The molecule has 136 valence electrons. The maximum Gasteiger partial charge on any atom is 0.253 e. The third kappa shape index (κ3) is 5.12. The Morgan fingerprint density at radius 2 is 1.84 bits per heavy atom. The van der Waals surface area contributed by atoms with Crippen LogP contribution < -0.4 is 5.32 Å². The maximum atomic E-state index is 12.6. The Morgan fingerprint density at radius 1 is 1.12 bits per heavy atom. The Bertz CT molecular complexity index is 605. The fraction of sp³-hybridized carbons (Fsp3) is 0.556. The second-order valence-electron chi connectivity index (χ2n) is 6.46. The molecule has 1 unspecified atom stereocenters. The third-order valence-electron chi connectivity index (χ3n) is 4.65. The van der Waals surface area contributed by atoms with Crippen LogP contribution in [0.1, 0.15) is 23.2 Å². The molecule has 2 aliphatic rings. The smallest absolute Gasteiger partial charge is 0.253 e. The molecule has 0 aromatic heterocycles. The van der Waals surface area contributed by atoms with Crippen LogP contribution in [0.2, 0.25) is 5.02 Å². The van der Waals surface area contributed by atoms with Crippen LogP contribution in [0.3, 0.4) is 0 Å². The highest BCUT2D eigenvalue weighted by molar-refractivity contribution is 7.99. The monoisotopic (exact) mass is 381 g/mol. The number of rotatable bonds is 3. The standard InChI is InChI=1S/C18H24ClN3O2S/c19-15-4-2-14(3-5-15)18(24)22-8-1-7-21(9-10-22)17(23)12-16-13-25-11-6-20-16/h2-5,16,20H,1,6-13H2. The predicted molar refractivity (Wildman–Crippen MR) is 102 cm³/mol. The van der Waals surface area contributed by atoms with E-state index in [1.165, 1.54) is 0 Å². The Morgan fingerprint density at radius 3 is 2.56 bits per heavy atom. The van der Waals surface area contributed by atoms with Crippen molar-refractivity contribution in [1.29, 1.82) is 0 Å². The SMILES string of the molecule is O=C(CC1CSCCN1)N1CCCN(C(=O)c2ccc(Cl)cc2)CC1. The second kappa shape index (κ2) is 8.92. The lowest BCUT2D eigenvalue weighted by atomic mass is 10.2. The van der Waals surface area contributed by atoms with E-state index in [-0.39, 0.29) is 17.9 Å². The first-order valence-corrected chi connectivity index (χ1v) is 10.3. The summed E-state index contributed by atoms with van der Waals surface area (Å²) in [7, 11) is 0. The van der Waals surface area contributed by atoms with Gasteiger partial charge in [-0.1, -0.05) is 11.6 Å². The van der Waals surface area contributed by atoms with E-state index < -0.39 is 0 Å². The van der Waals surface area contributed by atoms with Gasteiger partial charge in [-0.25, -0.2) is 0 Å². The van der Waals surface area contributed by atoms with E-state index in [2.05, 4.69) is 5.32 Å². The lowest BCUT2D eigenvalue weighted by molar-refractivity contribution is -0.131. The minimum atomic E-state index is 0.0105. The van der Waals surface area contributed by atoms with Gasteiger partial charge in [-0.2, -0.15) is 11.8 Å². The van der Waals surface area contributed by atoms with Crippen LogP contribution in [0.15, 0.2) is 24.3 Å². The Balaban J connectivity index is 1.53. The number of carbonyl (C=O) groups is 2. The summed E-state index contributed by atoms with van der Waals surface area (Å²) in [5.41, 5.74) is 0.646. The summed E-state index contributed by atoms with van der Waals surface area (Å²) in [4.78, 5) is 28.9. The number of thioether (sulfide) groups is 1. The molecule has 3 rings (SSSR count). The quantitative estimate of drug-likeness (QED) is 0.871. The van der Waals surface area contributed by atoms with Gasteiger partial charge in [0.05, 0.1) is 0 Å². The highest BCUT2D eigenvalue weighted by atomic mass is 35.5. The fourth-order valence-corrected chi connectivity index (χ4v) is 4.31. The van der Waals surface area contributed by atoms with E-state index >= 15 is 0 Å². The van der Waals surface area contributed by atoms with E-state index in [4.69, 9.17) is 11.6 Å². The van der Waals surface area contributed by atoms with E-state index in [1.54, 1.807) is 24.3 Å². The zero-order valence-electron chi connectivity index (χ0n) is 14.2. The summed E-state index contributed by atoms with van der Waals surface area (Å²) in [6, 6.07) is 7.26. The molecule has 2 saturated heterocycles. The number of benzene rings is 1. The zero-order valence-corrected chi connectivity index (χ0v) is 15.8. The van der Waals surface area contributed by atoms with Crippen molar-refractivity contribution in [2.75, 3.05) is 44.2 Å². The Kier molecular flexibility index (Phi) is 6.62. The molecule has 0 radical (unpaired) electrons. The number of nitrogens with zero attached hydrogens (tertiary/aromatic N) is 2. The molecule has 0 spiro atoms. The minimum Gasteiger partial charge on any atom is -0.341 e. The summed E-state index contributed by atoms with van der Waals surface area (Å²) < 4.78 is 0. The summed E-state index contributed by atoms with van der Waals surface area (Å²) >= 11 is 7.79. The molecule has 2 aliphatic heterocycles. The topological polar surface area (TPSA) is 52.7 Å². The van der Waals surface area contributed by atoms with Crippen LogP contribution in [0.4, 0.5) is 0 Å². The Labute approximate surface area is 158 Å². The van der Waals surface area contributed by atoms with Gasteiger partial charge in [0.2, 0.25) is 5.91 Å². The summed E-state index contributed by atoms with van der Waals surface area (Å²) in [6.07, 6.45) is 1.37. The highest BCUT2D eigenvalue weighted by Crippen LogP contribution is 2.15. The van der Waals surface area contributed by atoms with Crippen LogP contribution >= 0.6 is 23.4 Å². The minimum absolute atomic E-state index is 0.0105. The van der Waals surface area contributed by atoms with Crippen molar-refractivity contribution >= 4 is 35.2 Å². The molecule has 0 aliphatic carbocycles. The van der Waals surface area contributed by atoms with Gasteiger partial charge in [-0.05, 0) is 30.7 Å². The molecule has 5 nitrogen and oxygen atoms in total. The van der Waals surface area contributed by atoms with Gasteiger partial charge >= 0.3 is 0 Å². The molecule has 25 heavy (non-hydrogen) atoms. The third-order valence-corrected chi connectivity index (χ3v) is 6.03. The van der Waals surface area contributed by atoms with Crippen molar-refractivity contribution in [3.05, 3.63) is 34.9 Å². The first kappa shape index (κ1) is 18.5. The number of nitrogens with one attached hydrogen (secondary N) is 1. The molecule has 1 aromatic carbocycles. The van der Waals surface area contributed by atoms with Crippen molar-refractivity contribution in [3.63, 3.8) is 0 Å². The Hall–Kier alpha value is -1.24. The number of halogens is 1. The van der Waals surface area contributed by atoms with E-state index in [1.807, 2.05) is 21.6 Å². The predicted octanol–water partition coefficient (Wildman–Crippen LogP) is 2.11. The van der Waals surface area contributed by atoms with Crippen LogP contribution in [0.5, 0.6) is 0 Å². The second-order valence-corrected chi connectivity index (χ2v) is 8.05. The molecular formula is C18H24ClN3O2S. The van der Waals surface area contributed by atoms with Crippen LogP contribution in [0, 0.1) is 0 Å². The van der Waals surface area contributed by atoms with Crippen LogP contribution in [-0.2, 0) is 4.79 Å². The summed E-state index contributed by atoms with van der Waals surface area (Å²) in [5, 5.41) is 4.04. The number of hydrogen-bond donors (Lipinski definition) is 1. The van der Waals surface area contributed by atoms with Gasteiger partial charge in [0.25, 0.3) is 5.91 Å². The molecule has 0 saturated carbocycles. The normalized spacial score (nSPS) is 21.7.